The molecular formula is C21H18Cl2N2O3S. The topological polar surface area (TPSA) is 75.3 Å². The molecule has 1 atom stereocenters. The minimum absolute atomic E-state index is 0.00665. The molecule has 0 heterocycles. The molecule has 3 aromatic rings. The van der Waals surface area contributed by atoms with Crippen molar-refractivity contribution >= 4 is 44.8 Å². The summed E-state index contributed by atoms with van der Waals surface area (Å²) in [6.07, 6.45) is 0. The van der Waals surface area contributed by atoms with Gasteiger partial charge in [0.1, 0.15) is 4.90 Å². The van der Waals surface area contributed by atoms with Gasteiger partial charge in [-0.05, 0) is 48.9 Å². The van der Waals surface area contributed by atoms with Gasteiger partial charge in [-0.2, -0.15) is 0 Å². The zero-order valence-corrected chi connectivity index (χ0v) is 17.7. The van der Waals surface area contributed by atoms with Crippen LogP contribution >= 0.6 is 23.2 Å². The van der Waals surface area contributed by atoms with Crippen molar-refractivity contribution in [1.29, 1.82) is 0 Å². The number of carbonyl (C=O) groups is 1. The summed E-state index contributed by atoms with van der Waals surface area (Å²) < 4.78 is 28.0. The van der Waals surface area contributed by atoms with Crippen LogP contribution in [-0.2, 0) is 10.0 Å². The van der Waals surface area contributed by atoms with Gasteiger partial charge in [0.2, 0.25) is 0 Å². The summed E-state index contributed by atoms with van der Waals surface area (Å²) in [4.78, 5) is 12.4. The maximum atomic E-state index is 12.8. The number of amides is 1. The monoisotopic (exact) mass is 448 g/mol. The first kappa shape index (κ1) is 21.2. The van der Waals surface area contributed by atoms with E-state index in [9.17, 15) is 13.2 Å². The Morgan fingerprint density at radius 1 is 0.931 bits per heavy atom. The first-order valence-corrected chi connectivity index (χ1v) is 10.9. The maximum Gasteiger partial charge on any atom is 0.263 e. The van der Waals surface area contributed by atoms with E-state index < -0.39 is 15.9 Å². The molecule has 0 spiro atoms. The van der Waals surface area contributed by atoms with Gasteiger partial charge in [-0.3, -0.25) is 9.52 Å². The van der Waals surface area contributed by atoms with Crippen LogP contribution in [0.15, 0.2) is 77.7 Å². The molecule has 0 unspecified atom stereocenters. The first-order valence-electron chi connectivity index (χ1n) is 8.70. The molecule has 0 saturated carbocycles. The van der Waals surface area contributed by atoms with Crippen molar-refractivity contribution in [3.63, 3.8) is 0 Å². The van der Waals surface area contributed by atoms with E-state index in [-0.39, 0.29) is 21.5 Å². The Morgan fingerprint density at radius 2 is 1.66 bits per heavy atom. The molecule has 0 fully saturated rings. The van der Waals surface area contributed by atoms with E-state index >= 15 is 0 Å². The molecule has 5 nitrogen and oxygen atoms in total. The van der Waals surface area contributed by atoms with E-state index in [0.717, 1.165) is 5.56 Å². The molecule has 0 aromatic heterocycles. The van der Waals surface area contributed by atoms with E-state index in [1.165, 1.54) is 24.3 Å². The van der Waals surface area contributed by atoms with Gasteiger partial charge >= 0.3 is 0 Å². The molecule has 150 valence electrons. The summed E-state index contributed by atoms with van der Waals surface area (Å²) in [5.74, 6) is -0.405. The number of hydrogen-bond donors (Lipinski definition) is 2. The van der Waals surface area contributed by atoms with Crippen molar-refractivity contribution in [2.75, 3.05) is 4.72 Å². The fourth-order valence-electron chi connectivity index (χ4n) is 2.72. The number of halogens is 2. The number of rotatable bonds is 6. The Kier molecular flexibility index (Phi) is 6.47. The lowest BCUT2D eigenvalue weighted by molar-refractivity contribution is 0.0939. The highest BCUT2D eigenvalue weighted by atomic mass is 35.5. The standard InChI is InChI=1S/C21H18Cl2N2O3S/c1-14(15-6-3-2-4-7-15)24-21(26)16-10-11-19(23)20(12-16)29(27,28)25-18-9-5-8-17(22)13-18/h2-14,25H,1H3,(H,24,26)/t14-/m0/s1. The average molecular weight is 449 g/mol. The van der Waals surface area contributed by atoms with Gasteiger partial charge in [-0.1, -0.05) is 59.6 Å². The summed E-state index contributed by atoms with van der Waals surface area (Å²) >= 11 is 12.0. The van der Waals surface area contributed by atoms with Crippen molar-refractivity contribution in [3.05, 3.63) is 94.0 Å². The molecular weight excluding hydrogens is 431 g/mol. The van der Waals surface area contributed by atoms with E-state index in [4.69, 9.17) is 23.2 Å². The molecule has 3 aromatic carbocycles. The Balaban J connectivity index is 1.84. The smallest absolute Gasteiger partial charge is 0.263 e. The minimum Gasteiger partial charge on any atom is -0.346 e. The second kappa shape index (κ2) is 8.86. The summed E-state index contributed by atoms with van der Waals surface area (Å²) in [5.41, 5.74) is 1.41. The van der Waals surface area contributed by atoms with Crippen LogP contribution in [-0.4, -0.2) is 14.3 Å². The second-order valence-corrected chi connectivity index (χ2v) is 8.86. The van der Waals surface area contributed by atoms with Gasteiger partial charge in [0, 0.05) is 10.6 Å². The highest BCUT2D eigenvalue weighted by Crippen LogP contribution is 2.26. The fourth-order valence-corrected chi connectivity index (χ4v) is 4.48. The number of hydrogen-bond acceptors (Lipinski definition) is 3. The van der Waals surface area contributed by atoms with Gasteiger partial charge in [0.05, 0.1) is 16.8 Å². The molecule has 0 radical (unpaired) electrons. The molecule has 2 N–H and O–H groups in total. The molecule has 0 bridgehead atoms. The zero-order valence-electron chi connectivity index (χ0n) is 15.4. The number of anilines is 1. The van der Waals surface area contributed by atoms with E-state index in [1.54, 1.807) is 18.2 Å². The SMILES string of the molecule is C[C@H](NC(=O)c1ccc(Cl)c(S(=O)(=O)Nc2cccc(Cl)c2)c1)c1ccccc1. The molecule has 3 rings (SSSR count). The number of carbonyl (C=O) groups excluding carboxylic acids is 1. The van der Waals surface area contributed by atoms with Crippen LogP contribution in [0.2, 0.25) is 10.0 Å². The van der Waals surface area contributed by atoms with Crippen molar-refractivity contribution in [2.45, 2.75) is 17.9 Å². The second-order valence-electron chi connectivity index (χ2n) is 6.37. The molecule has 29 heavy (non-hydrogen) atoms. The lowest BCUT2D eigenvalue weighted by atomic mass is 10.1. The van der Waals surface area contributed by atoms with Gasteiger partial charge in [0.15, 0.2) is 0 Å². The number of sulfonamides is 1. The van der Waals surface area contributed by atoms with Gasteiger partial charge in [0.25, 0.3) is 15.9 Å². The summed E-state index contributed by atoms with van der Waals surface area (Å²) in [5, 5.41) is 3.25. The highest BCUT2D eigenvalue weighted by Gasteiger charge is 2.21. The number of nitrogens with one attached hydrogen (secondary N) is 2. The lowest BCUT2D eigenvalue weighted by Crippen LogP contribution is -2.27. The van der Waals surface area contributed by atoms with Gasteiger partial charge in [-0.15, -0.1) is 0 Å². The zero-order chi connectivity index (χ0) is 21.0. The quantitative estimate of drug-likeness (QED) is 0.537. The Labute approximate surface area is 179 Å². The van der Waals surface area contributed by atoms with Crippen LogP contribution < -0.4 is 10.0 Å². The predicted molar refractivity (Wildman–Crippen MR) is 116 cm³/mol. The van der Waals surface area contributed by atoms with Crippen molar-refractivity contribution in [1.82, 2.24) is 5.32 Å². The first-order chi connectivity index (χ1) is 13.8. The Morgan fingerprint density at radius 3 is 2.34 bits per heavy atom. The van der Waals surface area contributed by atoms with Crippen LogP contribution in [0.1, 0.15) is 28.9 Å². The van der Waals surface area contributed by atoms with Crippen LogP contribution in [0.25, 0.3) is 0 Å². The maximum absolute atomic E-state index is 12.8. The Hall–Kier alpha value is -2.54. The summed E-state index contributed by atoms with van der Waals surface area (Å²) in [6.45, 7) is 1.85. The van der Waals surface area contributed by atoms with Gasteiger partial charge in [-0.25, -0.2) is 8.42 Å². The normalized spacial score (nSPS) is 12.2. The molecule has 8 heteroatoms. The highest BCUT2D eigenvalue weighted by molar-refractivity contribution is 7.92. The molecule has 0 aliphatic heterocycles. The lowest BCUT2D eigenvalue weighted by Gasteiger charge is -2.15. The van der Waals surface area contributed by atoms with Crippen LogP contribution in [0.4, 0.5) is 5.69 Å². The van der Waals surface area contributed by atoms with Crippen LogP contribution in [0, 0.1) is 0 Å². The van der Waals surface area contributed by atoms with Crippen molar-refractivity contribution in [2.24, 2.45) is 0 Å². The largest absolute Gasteiger partial charge is 0.346 e. The predicted octanol–water partition coefficient (Wildman–Crippen LogP) is 5.29. The van der Waals surface area contributed by atoms with Crippen molar-refractivity contribution < 1.29 is 13.2 Å². The number of benzene rings is 3. The fraction of sp³-hybridized carbons (Fsp3) is 0.0952. The Bertz CT molecular complexity index is 1140. The van der Waals surface area contributed by atoms with E-state index in [1.807, 2.05) is 37.3 Å². The molecule has 0 aliphatic carbocycles. The molecule has 1 amide bonds. The third kappa shape index (κ3) is 5.29. The minimum atomic E-state index is -4.02. The molecule has 0 aliphatic rings. The van der Waals surface area contributed by atoms with Crippen LogP contribution in [0.5, 0.6) is 0 Å². The third-order valence-corrected chi connectivity index (χ3v) is 6.30. The van der Waals surface area contributed by atoms with Crippen molar-refractivity contribution in [3.8, 4) is 0 Å². The van der Waals surface area contributed by atoms with Crippen LogP contribution in [0.3, 0.4) is 0 Å². The molecule has 0 saturated heterocycles. The van der Waals surface area contributed by atoms with E-state index in [0.29, 0.717) is 10.7 Å². The van der Waals surface area contributed by atoms with E-state index in [2.05, 4.69) is 10.0 Å². The summed E-state index contributed by atoms with van der Waals surface area (Å²) in [7, 11) is -4.02. The third-order valence-electron chi connectivity index (χ3n) is 4.21. The summed E-state index contributed by atoms with van der Waals surface area (Å²) in [6, 6.07) is 19.6. The van der Waals surface area contributed by atoms with Gasteiger partial charge < -0.3 is 5.32 Å². The average Bonchev–Trinajstić information content (AvgIpc) is 2.68.